The lowest BCUT2D eigenvalue weighted by Gasteiger charge is -2.13. The van der Waals surface area contributed by atoms with Crippen LogP contribution < -0.4 is 11.1 Å². The van der Waals surface area contributed by atoms with Gasteiger partial charge in [-0.3, -0.25) is 9.20 Å². The number of hydrogen-bond acceptors (Lipinski definition) is 6. The number of aliphatic hydroxyl groups excluding tert-OH is 1. The Labute approximate surface area is 204 Å². The van der Waals surface area contributed by atoms with Crippen LogP contribution in [0, 0.1) is 11.8 Å². The molecule has 5 rings (SSSR count). The number of nitrogens with zero attached hydrogens (tertiary/aromatic N) is 3. The quantitative estimate of drug-likeness (QED) is 0.294. The number of rotatable bonds is 8. The lowest BCUT2D eigenvalue weighted by molar-refractivity contribution is 0.0999. The zero-order valence-corrected chi connectivity index (χ0v) is 19.8. The fraction of sp³-hybridized carbons (Fsp3) is 0.444. The molecule has 35 heavy (non-hydrogen) atoms. The van der Waals surface area contributed by atoms with E-state index in [0.29, 0.717) is 54.4 Å². The summed E-state index contributed by atoms with van der Waals surface area (Å²) in [7, 11) is 0. The topological polar surface area (TPSA) is 126 Å². The number of carbonyl (C=O) groups excluding carboxylic acids is 1. The second kappa shape index (κ2) is 9.68. The van der Waals surface area contributed by atoms with Gasteiger partial charge < -0.3 is 21.3 Å². The summed E-state index contributed by atoms with van der Waals surface area (Å²) in [5.41, 5.74) is 9.25. The van der Waals surface area contributed by atoms with Crippen LogP contribution in [0.1, 0.15) is 78.9 Å². The molecule has 0 radical (unpaired) electrons. The number of benzene rings is 1. The summed E-state index contributed by atoms with van der Waals surface area (Å²) in [6.45, 7) is 0.790. The van der Waals surface area contributed by atoms with Crippen molar-refractivity contribution in [3.63, 3.8) is 0 Å². The highest BCUT2D eigenvalue weighted by atomic mass is 16.3. The fourth-order valence-corrected chi connectivity index (χ4v) is 4.77. The molecule has 1 amide bonds. The molecule has 1 aromatic carbocycles. The zero-order valence-electron chi connectivity index (χ0n) is 19.8. The smallest absolute Gasteiger partial charge is 0.248 e. The molecule has 0 bridgehead atoms. The number of aliphatic hydroxyl groups is 2. The van der Waals surface area contributed by atoms with E-state index in [1.165, 1.54) is 0 Å². The van der Waals surface area contributed by atoms with E-state index in [9.17, 15) is 9.90 Å². The van der Waals surface area contributed by atoms with Crippen LogP contribution in [0.25, 0.3) is 16.9 Å². The van der Waals surface area contributed by atoms with E-state index in [1.807, 2.05) is 22.7 Å². The maximum absolute atomic E-state index is 11.9. The van der Waals surface area contributed by atoms with Crippen LogP contribution in [0.15, 0.2) is 30.6 Å². The van der Waals surface area contributed by atoms with E-state index in [-0.39, 0.29) is 6.61 Å². The predicted molar refractivity (Wildman–Crippen MR) is 134 cm³/mol. The number of nitrogens with one attached hydrogen (secondary N) is 1. The minimum absolute atomic E-state index is 0.146. The van der Waals surface area contributed by atoms with Crippen molar-refractivity contribution in [1.82, 2.24) is 14.4 Å². The van der Waals surface area contributed by atoms with Gasteiger partial charge in [-0.25, -0.2) is 9.97 Å². The molecule has 2 aromatic heterocycles. The van der Waals surface area contributed by atoms with E-state index in [2.05, 4.69) is 27.1 Å². The number of imidazole rings is 1. The Hall–Kier alpha value is -3.41. The monoisotopic (exact) mass is 473 g/mol. The number of nitrogens with two attached hydrogens (primary N) is 1. The van der Waals surface area contributed by atoms with Crippen LogP contribution >= 0.6 is 0 Å². The molecule has 0 spiro atoms. The van der Waals surface area contributed by atoms with Crippen molar-refractivity contribution in [2.75, 3.05) is 18.5 Å². The normalized spacial score (nSPS) is 16.7. The number of primary amides is 1. The first-order valence-corrected chi connectivity index (χ1v) is 12.4. The summed E-state index contributed by atoms with van der Waals surface area (Å²) in [6, 6.07) is 5.75. The summed E-state index contributed by atoms with van der Waals surface area (Å²) in [5, 5.41) is 23.1. The van der Waals surface area contributed by atoms with Crippen LogP contribution in [0.4, 0.5) is 5.82 Å². The molecular formula is C27H31N5O3. The summed E-state index contributed by atoms with van der Waals surface area (Å²) in [6.07, 6.45) is 10.6. The predicted octanol–water partition coefficient (Wildman–Crippen LogP) is 3.21. The number of aromatic nitrogens is 3. The Kier molecular flexibility index (Phi) is 6.46. The lowest BCUT2D eigenvalue weighted by atomic mass is 9.98. The highest BCUT2D eigenvalue weighted by Gasteiger charge is 2.29. The maximum Gasteiger partial charge on any atom is 0.248 e. The van der Waals surface area contributed by atoms with Crippen molar-refractivity contribution in [2.24, 2.45) is 5.73 Å². The largest absolute Gasteiger partial charge is 0.396 e. The van der Waals surface area contributed by atoms with Gasteiger partial charge in [-0.15, -0.1) is 0 Å². The Morgan fingerprint density at radius 3 is 2.77 bits per heavy atom. The maximum atomic E-state index is 11.9. The van der Waals surface area contributed by atoms with Crippen LogP contribution in [-0.4, -0.2) is 49.2 Å². The summed E-state index contributed by atoms with van der Waals surface area (Å²) in [4.78, 5) is 21.3. The molecule has 2 aliphatic rings. The van der Waals surface area contributed by atoms with Crippen LogP contribution in [-0.2, 0) is 0 Å². The van der Waals surface area contributed by atoms with E-state index in [4.69, 9.17) is 10.8 Å². The van der Waals surface area contributed by atoms with Gasteiger partial charge in [0, 0.05) is 30.5 Å². The molecule has 2 aliphatic carbocycles. The van der Waals surface area contributed by atoms with Gasteiger partial charge in [-0.05, 0) is 80.9 Å². The van der Waals surface area contributed by atoms with Crippen molar-refractivity contribution in [2.45, 2.75) is 62.9 Å². The molecule has 5 N–H and O–H groups in total. The molecule has 0 aliphatic heterocycles. The number of unbranched alkanes of at least 4 members (excludes halogenated alkanes) is 1. The third-order valence-electron chi connectivity index (χ3n) is 6.85. The average Bonchev–Trinajstić information content (AvgIpc) is 3.47. The number of fused-ring (bicyclic) bond motifs is 1. The van der Waals surface area contributed by atoms with Crippen molar-refractivity contribution < 1.29 is 15.0 Å². The van der Waals surface area contributed by atoms with Crippen molar-refractivity contribution in [3.8, 4) is 23.1 Å². The fourth-order valence-electron chi connectivity index (χ4n) is 4.77. The van der Waals surface area contributed by atoms with E-state index < -0.39 is 11.5 Å². The third-order valence-corrected chi connectivity index (χ3v) is 6.85. The molecule has 182 valence electrons. The number of carbonyl (C=O) groups is 1. The molecule has 0 saturated heterocycles. The highest BCUT2D eigenvalue weighted by molar-refractivity contribution is 5.95. The van der Waals surface area contributed by atoms with Crippen LogP contribution in [0.5, 0.6) is 0 Å². The molecule has 2 heterocycles. The zero-order chi connectivity index (χ0) is 24.4. The van der Waals surface area contributed by atoms with Gasteiger partial charge in [0.15, 0.2) is 11.5 Å². The van der Waals surface area contributed by atoms with Gasteiger partial charge in [0.2, 0.25) is 5.91 Å². The average molecular weight is 474 g/mol. The number of hydrogen-bond donors (Lipinski definition) is 4. The van der Waals surface area contributed by atoms with E-state index in [0.717, 1.165) is 48.9 Å². The van der Waals surface area contributed by atoms with Crippen LogP contribution in [0.3, 0.4) is 0 Å². The first-order valence-electron chi connectivity index (χ1n) is 12.4. The Bertz CT molecular complexity index is 1310. The second-order valence-corrected chi connectivity index (χ2v) is 9.60. The number of amides is 1. The first kappa shape index (κ1) is 23.3. The first-order chi connectivity index (χ1) is 17.0. The molecule has 0 atom stereocenters. The molecule has 8 nitrogen and oxygen atoms in total. The molecule has 2 saturated carbocycles. The Morgan fingerprint density at radius 1 is 1.26 bits per heavy atom. The van der Waals surface area contributed by atoms with Crippen molar-refractivity contribution in [1.29, 1.82) is 0 Å². The minimum Gasteiger partial charge on any atom is -0.396 e. The molecule has 2 fully saturated rings. The van der Waals surface area contributed by atoms with Gasteiger partial charge in [0.25, 0.3) is 0 Å². The molecular weight excluding hydrogens is 442 g/mol. The van der Waals surface area contributed by atoms with Gasteiger partial charge in [-0.1, -0.05) is 12.0 Å². The molecule has 3 aromatic rings. The number of anilines is 1. The van der Waals surface area contributed by atoms with E-state index >= 15 is 0 Å². The third kappa shape index (κ3) is 5.02. The summed E-state index contributed by atoms with van der Waals surface area (Å²) >= 11 is 0. The lowest BCUT2D eigenvalue weighted by Crippen LogP contribution is -2.20. The van der Waals surface area contributed by atoms with Gasteiger partial charge >= 0.3 is 0 Å². The van der Waals surface area contributed by atoms with E-state index in [1.54, 1.807) is 12.3 Å². The minimum atomic E-state index is -0.952. The second-order valence-electron chi connectivity index (χ2n) is 9.60. The standard InChI is InChI=1S/C27H31N5O3/c28-24(34)21-8-7-19(15-22(21)18-5-6-18)23-16-30-26-25(29-13-3-4-14-33)31-20(17-32(23)26)9-12-27(35)10-1-2-11-27/h7-8,15-18,33,35H,1-6,10-11,13-14H2,(H2,28,34)(H,29,31). The Morgan fingerprint density at radius 2 is 2.06 bits per heavy atom. The van der Waals surface area contributed by atoms with Gasteiger partial charge in [0.05, 0.1) is 11.9 Å². The van der Waals surface area contributed by atoms with Crippen molar-refractivity contribution in [3.05, 3.63) is 47.4 Å². The summed E-state index contributed by atoms with van der Waals surface area (Å²) in [5.74, 6) is 6.71. The SMILES string of the molecule is NC(=O)c1ccc(-c2cnc3c(NCCCCO)nc(C#CC4(O)CCCC4)cn23)cc1C1CC1. The van der Waals surface area contributed by atoms with Gasteiger partial charge in [0.1, 0.15) is 11.3 Å². The molecule has 8 heteroatoms. The highest BCUT2D eigenvalue weighted by Crippen LogP contribution is 2.43. The van der Waals surface area contributed by atoms with Gasteiger partial charge in [-0.2, -0.15) is 0 Å². The molecule has 0 unspecified atom stereocenters. The van der Waals surface area contributed by atoms with Crippen LogP contribution in [0.2, 0.25) is 0 Å². The summed E-state index contributed by atoms with van der Waals surface area (Å²) < 4.78 is 1.96. The Balaban J connectivity index is 1.57. The van der Waals surface area contributed by atoms with Crippen molar-refractivity contribution >= 4 is 17.4 Å².